The van der Waals surface area contributed by atoms with Gasteiger partial charge in [-0.3, -0.25) is 9.89 Å². The number of terminal acetylenes is 1. The average molecular weight is 179 g/mol. The van der Waals surface area contributed by atoms with Gasteiger partial charge >= 0.3 is 0 Å². The molecule has 1 aromatic heterocycles. The number of hydrogen-bond donors (Lipinski definition) is 3. The fourth-order valence-corrected chi connectivity index (χ4v) is 0.683. The highest BCUT2D eigenvalue weighted by Crippen LogP contribution is 1.93. The quantitative estimate of drug-likeness (QED) is 0.514. The van der Waals surface area contributed by atoms with Crippen molar-refractivity contribution in [3.63, 3.8) is 0 Å². The van der Waals surface area contributed by atoms with Crippen molar-refractivity contribution >= 4 is 11.9 Å². The number of anilines is 1. The van der Waals surface area contributed by atoms with Crippen LogP contribution in [0.3, 0.4) is 0 Å². The van der Waals surface area contributed by atoms with Crippen molar-refractivity contribution in [3.8, 4) is 12.3 Å². The number of amides is 1. The van der Waals surface area contributed by atoms with Crippen molar-refractivity contribution < 1.29 is 4.79 Å². The van der Waals surface area contributed by atoms with Gasteiger partial charge in [0.25, 0.3) is 5.91 Å². The van der Waals surface area contributed by atoms with Crippen LogP contribution in [0.5, 0.6) is 0 Å². The summed E-state index contributed by atoms with van der Waals surface area (Å²) >= 11 is 0. The average Bonchev–Trinajstić information content (AvgIpc) is 2.51. The Labute approximate surface area is 74.9 Å². The fourth-order valence-electron chi connectivity index (χ4n) is 0.683. The molecule has 1 unspecified atom stereocenters. The Balaban J connectivity index is 2.65. The zero-order chi connectivity index (χ0) is 9.84. The lowest BCUT2D eigenvalue weighted by atomic mass is 10.3. The molecule has 0 radical (unpaired) electrons. The van der Waals surface area contributed by atoms with E-state index in [1.807, 2.05) is 0 Å². The summed E-state index contributed by atoms with van der Waals surface area (Å²) in [5.74, 6) is 2.01. The van der Waals surface area contributed by atoms with Crippen LogP contribution in [0.25, 0.3) is 0 Å². The van der Waals surface area contributed by atoms with Gasteiger partial charge in [-0.1, -0.05) is 5.92 Å². The Bertz CT molecular complexity index is 350. The Morgan fingerprint density at radius 2 is 2.54 bits per heavy atom. The van der Waals surface area contributed by atoms with Gasteiger partial charge in [-0.05, 0) is 6.92 Å². The van der Waals surface area contributed by atoms with Crippen molar-refractivity contribution in [2.24, 2.45) is 0 Å². The van der Waals surface area contributed by atoms with E-state index < -0.39 is 5.91 Å². The molecule has 13 heavy (non-hydrogen) atoms. The lowest BCUT2D eigenvalue weighted by Crippen LogP contribution is -2.32. The summed E-state index contributed by atoms with van der Waals surface area (Å²) in [4.78, 5) is 14.9. The van der Waals surface area contributed by atoms with E-state index in [0.717, 1.165) is 0 Å². The maximum absolute atomic E-state index is 11.2. The van der Waals surface area contributed by atoms with Crippen molar-refractivity contribution in [3.05, 3.63) is 5.82 Å². The van der Waals surface area contributed by atoms with Crippen molar-refractivity contribution in [1.82, 2.24) is 20.5 Å². The van der Waals surface area contributed by atoms with E-state index in [1.54, 1.807) is 6.92 Å². The third kappa shape index (κ3) is 2.20. The molecule has 6 heteroatoms. The number of rotatable bonds is 2. The van der Waals surface area contributed by atoms with E-state index in [9.17, 15) is 4.79 Å². The first-order valence-corrected chi connectivity index (χ1v) is 3.58. The number of nitrogen functional groups attached to an aromatic ring is 1. The molecule has 0 bridgehead atoms. The molecule has 0 fully saturated rings. The predicted molar refractivity (Wildman–Crippen MR) is 46.6 cm³/mol. The largest absolute Gasteiger partial charge is 0.366 e. The summed E-state index contributed by atoms with van der Waals surface area (Å²) in [6.45, 7) is 1.68. The molecule has 0 saturated heterocycles. The second-order valence-corrected chi connectivity index (χ2v) is 2.40. The summed E-state index contributed by atoms with van der Waals surface area (Å²) in [7, 11) is 0. The molecular weight excluding hydrogens is 170 g/mol. The number of aromatic amines is 1. The molecule has 0 aliphatic heterocycles. The topological polar surface area (TPSA) is 96.7 Å². The van der Waals surface area contributed by atoms with Gasteiger partial charge in [0.1, 0.15) is 0 Å². The van der Waals surface area contributed by atoms with E-state index in [1.165, 1.54) is 0 Å². The van der Waals surface area contributed by atoms with Gasteiger partial charge in [0, 0.05) is 0 Å². The molecule has 0 spiro atoms. The van der Waals surface area contributed by atoms with Crippen LogP contribution in [-0.2, 0) is 0 Å². The van der Waals surface area contributed by atoms with Gasteiger partial charge in [0.15, 0.2) is 0 Å². The number of carbonyl (C=O) groups is 1. The molecule has 1 rings (SSSR count). The van der Waals surface area contributed by atoms with Crippen LogP contribution < -0.4 is 11.1 Å². The number of aromatic nitrogens is 3. The zero-order valence-electron chi connectivity index (χ0n) is 7.03. The third-order valence-electron chi connectivity index (χ3n) is 1.32. The highest BCUT2D eigenvalue weighted by atomic mass is 16.2. The number of nitrogens with zero attached hydrogens (tertiary/aromatic N) is 2. The van der Waals surface area contributed by atoms with Crippen molar-refractivity contribution in [2.75, 3.05) is 5.73 Å². The van der Waals surface area contributed by atoms with E-state index in [0.29, 0.717) is 0 Å². The summed E-state index contributed by atoms with van der Waals surface area (Å²) < 4.78 is 0. The van der Waals surface area contributed by atoms with Gasteiger partial charge in [-0.2, -0.15) is 4.98 Å². The zero-order valence-corrected chi connectivity index (χ0v) is 7.03. The van der Waals surface area contributed by atoms with Crippen LogP contribution in [-0.4, -0.2) is 27.1 Å². The molecule has 1 atom stereocenters. The minimum absolute atomic E-state index is 0.0264. The number of hydrogen-bond acceptors (Lipinski definition) is 4. The van der Waals surface area contributed by atoms with Gasteiger partial charge in [0.05, 0.1) is 6.04 Å². The highest BCUT2D eigenvalue weighted by Gasteiger charge is 2.11. The second kappa shape index (κ2) is 3.58. The molecule has 4 N–H and O–H groups in total. The molecule has 0 aliphatic carbocycles. The predicted octanol–water partition coefficient (Wildman–Crippen LogP) is -0.862. The Morgan fingerprint density at radius 1 is 1.85 bits per heavy atom. The molecule has 6 nitrogen and oxygen atoms in total. The smallest absolute Gasteiger partial charge is 0.289 e. The van der Waals surface area contributed by atoms with E-state index in [2.05, 4.69) is 26.4 Å². The maximum atomic E-state index is 11.2. The standard InChI is InChI=1S/C7H9N5O/c1-3-4(2)9-6(13)5-10-7(8)12-11-5/h1,4H,2H3,(H,9,13)(H3,8,10,11,12). The molecule has 0 aromatic carbocycles. The lowest BCUT2D eigenvalue weighted by Gasteiger charge is -2.03. The van der Waals surface area contributed by atoms with Gasteiger partial charge in [0.2, 0.25) is 11.8 Å². The second-order valence-electron chi connectivity index (χ2n) is 2.40. The first-order chi connectivity index (χ1) is 6.13. The summed E-state index contributed by atoms with van der Waals surface area (Å²) in [6.07, 6.45) is 5.07. The maximum Gasteiger partial charge on any atom is 0.289 e. The molecule has 1 amide bonds. The van der Waals surface area contributed by atoms with Crippen molar-refractivity contribution in [2.45, 2.75) is 13.0 Å². The van der Waals surface area contributed by atoms with E-state index >= 15 is 0 Å². The number of nitrogens with two attached hydrogens (primary N) is 1. The Kier molecular flexibility index (Phi) is 2.50. The van der Waals surface area contributed by atoms with E-state index in [4.69, 9.17) is 12.2 Å². The van der Waals surface area contributed by atoms with Gasteiger partial charge in [-0.25, -0.2) is 0 Å². The highest BCUT2D eigenvalue weighted by molar-refractivity contribution is 5.90. The van der Waals surface area contributed by atoms with Gasteiger partial charge < -0.3 is 11.1 Å². The van der Waals surface area contributed by atoms with Crippen LogP contribution in [0.15, 0.2) is 0 Å². The first-order valence-electron chi connectivity index (χ1n) is 3.58. The lowest BCUT2D eigenvalue weighted by molar-refractivity contribution is 0.0938. The van der Waals surface area contributed by atoms with Crippen LogP contribution in [0.2, 0.25) is 0 Å². The van der Waals surface area contributed by atoms with Crippen LogP contribution in [0.1, 0.15) is 17.5 Å². The number of nitrogens with one attached hydrogen (secondary N) is 2. The molecule has 1 aromatic rings. The SMILES string of the molecule is C#CC(C)NC(=O)c1nc(N)n[nH]1. The molecule has 68 valence electrons. The minimum Gasteiger partial charge on any atom is -0.366 e. The van der Waals surface area contributed by atoms with Crippen LogP contribution in [0, 0.1) is 12.3 Å². The molecule has 0 saturated carbocycles. The molecule has 0 aliphatic rings. The number of carbonyl (C=O) groups excluding carboxylic acids is 1. The normalized spacial score (nSPS) is 11.7. The van der Waals surface area contributed by atoms with Crippen molar-refractivity contribution in [1.29, 1.82) is 0 Å². The molecular formula is C7H9N5O. The van der Waals surface area contributed by atoms with Gasteiger partial charge in [-0.15, -0.1) is 11.5 Å². The summed E-state index contributed by atoms with van der Waals surface area (Å²) in [6, 6.07) is -0.348. The molecule has 1 heterocycles. The number of H-pyrrole nitrogens is 1. The summed E-state index contributed by atoms with van der Waals surface area (Å²) in [5.41, 5.74) is 5.21. The third-order valence-corrected chi connectivity index (χ3v) is 1.32. The van der Waals surface area contributed by atoms with Crippen LogP contribution >= 0.6 is 0 Å². The Hall–Kier alpha value is -2.03. The fraction of sp³-hybridized carbons (Fsp3) is 0.286. The van der Waals surface area contributed by atoms with E-state index in [-0.39, 0.29) is 17.8 Å². The summed E-state index contributed by atoms with van der Waals surface area (Å²) in [5, 5.41) is 8.36. The minimum atomic E-state index is -0.422. The Morgan fingerprint density at radius 3 is 3.00 bits per heavy atom. The first kappa shape index (κ1) is 9.06. The van der Waals surface area contributed by atoms with Crippen LogP contribution in [0.4, 0.5) is 5.95 Å². The monoisotopic (exact) mass is 179 g/mol.